The van der Waals surface area contributed by atoms with Crippen LogP contribution in [0, 0.1) is 12.8 Å². The maximum Gasteiger partial charge on any atom is 0.316 e. The lowest BCUT2D eigenvalue weighted by atomic mass is 10.1. The highest BCUT2D eigenvalue weighted by molar-refractivity contribution is 8.02. The molecule has 27 heavy (non-hydrogen) atoms. The van der Waals surface area contributed by atoms with E-state index in [9.17, 15) is 14.4 Å². The molecule has 1 aliphatic heterocycles. The zero-order chi connectivity index (χ0) is 19.6. The molecule has 2 amide bonds. The minimum absolute atomic E-state index is 0.0896. The number of carboxylic acid groups (broad SMARTS) is 1. The molecule has 10 heteroatoms. The molecule has 8 nitrogen and oxygen atoms in total. The van der Waals surface area contributed by atoms with Gasteiger partial charge in [0.15, 0.2) is 4.34 Å². The van der Waals surface area contributed by atoms with Gasteiger partial charge in [-0.25, -0.2) is 0 Å². The summed E-state index contributed by atoms with van der Waals surface area (Å²) in [4.78, 5) is 37.4. The van der Waals surface area contributed by atoms with Gasteiger partial charge < -0.3 is 15.3 Å². The van der Waals surface area contributed by atoms with E-state index in [-0.39, 0.29) is 18.2 Å². The standard InChI is InChI=1S/C17H18N4O4S2/c1-9-5-3-4-6-12(9)21-8-11(7-13(21)22)14(23)18-16-19-20-17(27-16)26-10(2)15(24)25/h3-6,10-11H,7-8H2,1-2H3,(H,24,25)(H,18,19,23)/t10-,11-/m0/s1. The highest BCUT2D eigenvalue weighted by Gasteiger charge is 2.36. The van der Waals surface area contributed by atoms with Gasteiger partial charge in [0.25, 0.3) is 0 Å². The summed E-state index contributed by atoms with van der Waals surface area (Å²) in [6, 6.07) is 7.56. The van der Waals surface area contributed by atoms with Gasteiger partial charge in [0.1, 0.15) is 5.25 Å². The summed E-state index contributed by atoms with van der Waals surface area (Å²) in [7, 11) is 0. The zero-order valence-corrected chi connectivity index (χ0v) is 16.3. The molecule has 2 atom stereocenters. The largest absolute Gasteiger partial charge is 0.480 e. The summed E-state index contributed by atoms with van der Waals surface area (Å²) in [6.07, 6.45) is 0.136. The van der Waals surface area contributed by atoms with Crippen molar-refractivity contribution in [3.8, 4) is 0 Å². The van der Waals surface area contributed by atoms with Gasteiger partial charge >= 0.3 is 5.97 Å². The van der Waals surface area contributed by atoms with E-state index in [1.165, 1.54) is 0 Å². The molecule has 1 aromatic heterocycles. The summed E-state index contributed by atoms with van der Waals surface area (Å²) in [5, 5.41) is 19.0. The molecule has 2 aromatic rings. The van der Waals surface area contributed by atoms with Gasteiger partial charge in [-0.1, -0.05) is 41.3 Å². The molecule has 1 aromatic carbocycles. The Hall–Kier alpha value is -2.46. The summed E-state index contributed by atoms with van der Waals surface area (Å²) in [5.41, 5.74) is 1.79. The van der Waals surface area contributed by atoms with E-state index in [4.69, 9.17) is 5.11 Å². The van der Waals surface area contributed by atoms with Crippen molar-refractivity contribution in [2.45, 2.75) is 29.9 Å². The number of carbonyl (C=O) groups excluding carboxylic acids is 2. The zero-order valence-electron chi connectivity index (χ0n) is 14.7. The number of anilines is 2. The third-order valence-corrected chi connectivity index (χ3v) is 6.17. The van der Waals surface area contributed by atoms with Crippen molar-refractivity contribution in [1.29, 1.82) is 0 Å². The van der Waals surface area contributed by atoms with Crippen molar-refractivity contribution in [3.05, 3.63) is 29.8 Å². The molecule has 2 heterocycles. The number of thioether (sulfide) groups is 1. The van der Waals surface area contributed by atoms with Crippen molar-refractivity contribution < 1.29 is 19.5 Å². The molecule has 3 rings (SSSR count). The highest BCUT2D eigenvalue weighted by Crippen LogP contribution is 2.31. The predicted octanol–water partition coefficient (Wildman–Crippen LogP) is 2.40. The SMILES string of the molecule is Cc1ccccc1N1C[C@@H](C(=O)Nc2nnc(S[C@@H](C)C(=O)O)s2)CC1=O. The van der Waals surface area contributed by atoms with Crippen LogP contribution in [0.5, 0.6) is 0 Å². The van der Waals surface area contributed by atoms with E-state index in [0.717, 1.165) is 34.3 Å². The number of hydrogen-bond donors (Lipinski definition) is 2. The number of carboxylic acids is 1. The average Bonchev–Trinajstić information content (AvgIpc) is 3.22. The van der Waals surface area contributed by atoms with Crippen LogP contribution in [0.3, 0.4) is 0 Å². The molecule has 1 saturated heterocycles. The number of para-hydroxylation sites is 1. The summed E-state index contributed by atoms with van der Waals surface area (Å²) in [6.45, 7) is 3.79. The van der Waals surface area contributed by atoms with Crippen molar-refractivity contribution in [2.75, 3.05) is 16.8 Å². The number of hydrogen-bond acceptors (Lipinski definition) is 7. The molecular formula is C17H18N4O4S2. The molecule has 142 valence electrons. The van der Waals surface area contributed by atoms with Crippen molar-refractivity contribution in [3.63, 3.8) is 0 Å². The van der Waals surface area contributed by atoms with Crippen molar-refractivity contribution >= 4 is 51.7 Å². The van der Waals surface area contributed by atoms with Crippen LogP contribution in [0.1, 0.15) is 18.9 Å². The Morgan fingerprint density at radius 3 is 2.81 bits per heavy atom. The van der Waals surface area contributed by atoms with Crippen LogP contribution < -0.4 is 10.2 Å². The van der Waals surface area contributed by atoms with E-state index in [1.807, 2.05) is 31.2 Å². The van der Waals surface area contributed by atoms with Crippen molar-refractivity contribution in [1.82, 2.24) is 10.2 Å². The maximum absolute atomic E-state index is 12.5. The minimum atomic E-state index is -0.943. The van der Waals surface area contributed by atoms with Gasteiger partial charge in [-0.2, -0.15) is 0 Å². The van der Waals surface area contributed by atoms with Gasteiger partial charge in [0.2, 0.25) is 16.9 Å². The minimum Gasteiger partial charge on any atom is -0.480 e. The molecule has 2 N–H and O–H groups in total. The van der Waals surface area contributed by atoms with E-state index < -0.39 is 17.1 Å². The van der Waals surface area contributed by atoms with Crippen LogP contribution >= 0.6 is 23.1 Å². The summed E-state index contributed by atoms with van der Waals surface area (Å²) < 4.78 is 0.462. The molecule has 1 aliphatic rings. The van der Waals surface area contributed by atoms with E-state index >= 15 is 0 Å². The lowest BCUT2D eigenvalue weighted by Crippen LogP contribution is -2.28. The van der Waals surface area contributed by atoms with Gasteiger partial charge in [-0.15, -0.1) is 10.2 Å². The van der Waals surface area contributed by atoms with Gasteiger partial charge in [0, 0.05) is 18.7 Å². The number of aliphatic carboxylic acids is 1. The monoisotopic (exact) mass is 406 g/mol. The Morgan fingerprint density at radius 1 is 1.37 bits per heavy atom. The molecule has 0 unspecified atom stereocenters. The van der Waals surface area contributed by atoms with Crippen LogP contribution in [0.4, 0.5) is 10.8 Å². The van der Waals surface area contributed by atoms with Crippen LogP contribution in [0.2, 0.25) is 0 Å². The number of nitrogens with one attached hydrogen (secondary N) is 1. The number of benzene rings is 1. The lowest BCUT2D eigenvalue weighted by Gasteiger charge is -2.18. The van der Waals surface area contributed by atoms with Crippen LogP contribution in [0.15, 0.2) is 28.6 Å². The molecule has 1 fully saturated rings. The Bertz CT molecular complexity index is 885. The molecule has 0 spiro atoms. The smallest absolute Gasteiger partial charge is 0.316 e. The first-order chi connectivity index (χ1) is 12.8. The first-order valence-electron chi connectivity index (χ1n) is 8.25. The Balaban J connectivity index is 1.62. The van der Waals surface area contributed by atoms with Crippen LogP contribution in [-0.4, -0.2) is 44.9 Å². The van der Waals surface area contributed by atoms with Crippen molar-refractivity contribution in [2.24, 2.45) is 5.92 Å². The van der Waals surface area contributed by atoms with Crippen LogP contribution in [-0.2, 0) is 14.4 Å². The number of rotatable bonds is 6. The van der Waals surface area contributed by atoms with Gasteiger partial charge in [-0.3, -0.25) is 14.4 Å². The maximum atomic E-state index is 12.5. The van der Waals surface area contributed by atoms with Gasteiger partial charge in [0.05, 0.1) is 5.92 Å². The number of aryl methyl sites for hydroxylation is 1. The second kappa shape index (κ2) is 8.05. The Labute approximate surface area is 164 Å². The van der Waals surface area contributed by atoms with E-state index in [2.05, 4.69) is 15.5 Å². The van der Waals surface area contributed by atoms with Crippen LogP contribution in [0.25, 0.3) is 0 Å². The molecule has 0 saturated carbocycles. The van der Waals surface area contributed by atoms with E-state index in [1.54, 1.807) is 11.8 Å². The fourth-order valence-corrected chi connectivity index (χ4v) is 4.53. The molecule has 0 radical (unpaired) electrons. The van der Waals surface area contributed by atoms with Gasteiger partial charge in [-0.05, 0) is 25.5 Å². The average molecular weight is 406 g/mol. The fourth-order valence-electron chi connectivity index (χ4n) is 2.70. The second-order valence-electron chi connectivity index (χ2n) is 6.15. The number of nitrogens with zero attached hydrogens (tertiary/aromatic N) is 3. The predicted molar refractivity (Wildman–Crippen MR) is 103 cm³/mol. The lowest BCUT2D eigenvalue weighted by molar-refractivity contribution is -0.136. The Kier molecular flexibility index (Phi) is 5.76. The quantitative estimate of drug-likeness (QED) is 0.559. The summed E-state index contributed by atoms with van der Waals surface area (Å²) >= 11 is 2.18. The first kappa shape index (κ1) is 19.3. The first-order valence-corrected chi connectivity index (χ1v) is 9.94. The molecule has 0 aliphatic carbocycles. The summed E-state index contributed by atoms with van der Waals surface area (Å²) in [5.74, 6) is -1.80. The normalized spacial score (nSPS) is 17.8. The van der Waals surface area contributed by atoms with E-state index in [0.29, 0.717) is 16.0 Å². The number of carbonyl (C=O) groups is 3. The molecule has 0 bridgehead atoms. The molecular weight excluding hydrogens is 388 g/mol. The fraction of sp³-hybridized carbons (Fsp3) is 0.353. The number of aromatic nitrogens is 2. The Morgan fingerprint density at radius 2 is 2.11 bits per heavy atom. The highest BCUT2D eigenvalue weighted by atomic mass is 32.2. The number of amides is 2. The third kappa shape index (κ3) is 4.45. The topological polar surface area (TPSA) is 112 Å². The second-order valence-corrected chi connectivity index (χ2v) is 8.72. The third-order valence-electron chi connectivity index (χ3n) is 4.16.